The molecule has 84 valence electrons. The minimum Gasteiger partial charge on any atom is -0.382 e. The summed E-state index contributed by atoms with van der Waals surface area (Å²) in [6.45, 7) is 1.59. The van der Waals surface area contributed by atoms with Crippen LogP contribution in [0, 0.1) is 24.4 Å². The number of anilines is 1. The lowest BCUT2D eigenvalue weighted by molar-refractivity contribution is 0.527. The van der Waals surface area contributed by atoms with Crippen LogP contribution in [0.4, 0.5) is 19.0 Å². The van der Waals surface area contributed by atoms with Crippen LogP contribution in [0.15, 0.2) is 18.2 Å². The molecule has 0 bridgehead atoms. The number of nitrogens with two attached hydrogens (primary N) is 1. The van der Waals surface area contributed by atoms with Crippen molar-refractivity contribution >= 4 is 5.82 Å². The van der Waals surface area contributed by atoms with Gasteiger partial charge in [-0.3, -0.25) is 0 Å². The Kier molecular flexibility index (Phi) is 2.34. The molecule has 0 aliphatic rings. The van der Waals surface area contributed by atoms with E-state index in [1.807, 2.05) is 0 Å². The van der Waals surface area contributed by atoms with Crippen molar-refractivity contribution in [3.63, 3.8) is 0 Å². The first kappa shape index (κ1) is 10.5. The van der Waals surface area contributed by atoms with Gasteiger partial charge in [0.2, 0.25) is 0 Å². The smallest absolute Gasteiger partial charge is 0.154 e. The molecule has 0 saturated carbocycles. The van der Waals surface area contributed by atoms with Crippen LogP contribution in [0.1, 0.15) is 5.69 Å². The SMILES string of the molecule is Cc1cc(N)nn1-c1c(F)cc(F)cc1F. The van der Waals surface area contributed by atoms with E-state index in [9.17, 15) is 13.2 Å². The molecule has 0 amide bonds. The Morgan fingerprint density at radius 2 is 1.69 bits per heavy atom. The number of nitrogen functional groups attached to an aromatic ring is 1. The number of hydrogen-bond donors (Lipinski definition) is 1. The van der Waals surface area contributed by atoms with Crippen LogP contribution in [-0.2, 0) is 0 Å². The van der Waals surface area contributed by atoms with Crippen LogP contribution in [0.25, 0.3) is 5.69 Å². The van der Waals surface area contributed by atoms with E-state index in [2.05, 4.69) is 5.10 Å². The number of nitrogens with zero attached hydrogens (tertiary/aromatic N) is 2. The fraction of sp³-hybridized carbons (Fsp3) is 0.100. The summed E-state index contributed by atoms with van der Waals surface area (Å²) in [5, 5.41) is 3.72. The van der Waals surface area contributed by atoms with Crippen molar-refractivity contribution in [2.24, 2.45) is 0 Å². The standard InChI is InChI=1S/C10H8F3N3/c1-5-2-9(14)15-16(5)10-7(12)3-6(11)4-8(10)13/h2-4H,1H3,(H2,14,15). The molecule has 1 aromatic carbocycles. The fourth-order valence-corrected chi connectivity index (χ4v) is 1.46. The first-order chi connectivity index (χ1) is 7.49. The van der Waals surface area contributed by atoms with Gasteiger partial charge in [-0.05, 0) is 6.92 Å². The van der Waals surface area contributed by atoms with Crippen LogP contribution in [0.5, 0.6) is 0 Å². The van der Waals surface area contributed by atoms with Crippen molar-refractivity contribution in [2.45, 2.75) is 6.92 Å². The Morgan fingerprint density at radius 3 is 2.12 bits per heavy atom. The summed E-state index contributed by atoms with van der Waals surface area (Å²) in [5.41, 5.74) is 5.42. The highest BCUT2D eigenvalue weighted by Gasteiger charge is 2.16. The Hall–Kier alpha value is -1.98. The van der Waals surface area contributed by atoms with Gasteiger partial charge >= 0.3 is 0 Å². The molecule has 3 nitrogen and oxygen atoms in total. The van der Waals surface area contributed by atoms with E-state index in [1.54, 1.807) is 6.92 Å². The van der Waals surface area contributed by atoms with E-state index in [0.717, 1.165) is 4.68 Å². The minimum absolute atomic E-state index is 0.139. The molecule has 0 unspecified atom stereocenters. The number of rotatable bonds is 1. The molecule has 0 fully saturated rings. The van der Waals surface area contributed by atoms with Gasteiger partial charge in [-0.25, -0.2) is 17.9 Å². The first-order valence-electron chi connectivity index (χ1n) is 4.46. The van der Waals surface area contributed by atoms with Crippen LogP contribution in [0.2, 0.25) is 0 Å². The third-order valence-electron chi connectivity index (χ3n) is 2.10. The number of hydrogen-bond acceptors (Lipinski definition) is 2. The van der Waals surface area contributed by atoms with E-state index in [-0.39, 0.29) is 5.82 Å². The van der Waals surface area contributed by atoms with Crippen molar-refractivity contribution in [2.75, 3.05) is 5.73 Å². The number of halogens is 3. The van der Waals surface area contributed by atoms with E-state index in [1.165, 1.54) is 6.07 Å². The molecule has 0 saturated heterocycles. The van der Waals surface area contributed by atoms with Gasteiger partial charge in [0.25, 0.3) is 0 Å². The third kappa shape index (κ3) is 1.62. The normalized spacial score (nSPS) is 10.8. The zero-order valence-electron chi connectivity index (χ0n) is 8.34. The lowest BCUT2D eigenvalue weighted by Gasteiger charge is -2.06. The lowest BCUT2D eigenvalue weighted by Crippen LogP contribution is -2.06. The van der Waals surface area contributed by atoms with Crippen LogP contribution < -0.4 is 5.73 Å². The highest BCUT2D eigenvalue weighted by Crippen LogP contribution is 2.21. The molecule has 0 atom stereocenters. The molecule has 2 N–H and O–H groups in total. The molecular formula is C10H8F3N3. The highest BCUT2D eigenvalue weighted by molar-refractivity contribution is 5.40. The van der Waals surface area contributed by atoms with Crippen molar-refractivity contribution in [3.05, 3.63) is 41.3 Å². The van der Waals surface area contributed by atoms with Crippen molar-refractivity contribution in [1.82, 2.24) is 9.78 Å². The Morgan fingerprint density at radius 1 is 1.12 bits per heavy atom. The number of aromatic nitrogens is 2. The van der Waals surface area contributed by atoms with Crippen LogP contribution in [-0.4, -0.2) is 9.78 Å². The van der Waals surface area contributed by atoms with Gasteiger partial charge in [0, 0.05) is 23.9 Å². The molecule has 0 spiro atoms. The maximum Gasteiger partial charge on any atom is 0.154 e. The molecule has 0 aliphatic carbocycles. The summed E-state index contributed by atoms with van der Waals surface area (Å²) in [6, 6.07) is 2.65. The van der Waals surface area contributed by atoms with Gasteiger partial charge in [-0.2, -0.15) is 5.10 Å². The molecule has 16 heavy (non-hydrogen) atoms. The third-order valence-corrected chi connectivity index (χ3v) is 2.10. The summed E-state index contributed by atoms with van der Waals surface area (Å²) >= 11 is 0. The van der Waals surface area contributed by atoms with Crippen LogP contribution >= 0.6 is 0 Å². The van der Waals surface area contributed by atoms with Gasteiger partial charge in [0.15, 0.2) is 11.6 Å². The fourth-order valence-electron chi connectivity index (χ4n) is 1.46. The van der Waals surface area contributed by atoms with E-state index < -0.39 is 23.1 Å². The topological polar surface area (TPSA) is 43.8 Å². The Bertz CT molecular complexity index is 525. The van der Waals surface area contributed by atoms with Gasteiger partial charge in [0.05, 0.1) is 0 Å². The maximum absolute atomic E-state index is 13.4. The number of benzene rings is 1. The second kappa shape index (κ2) is 3.55. The molecule has 1 heterocycles. The van der Waals surface area contributed by atoms with E-state index >= 15 is 0 Å². The summed E-state index contributed by atoms with van der Waals surface area (Å²) in [6.07, 6.45) is 0. The van der Waals surface area contributed by atoms with Crippen molar-refractivity contribution in [1.29, 1.82) is 0 Å². The summed E-state index contributed by atoms with van der Waals surface area (Å²) in [5.74, 6) is -2.88. The second-order valence-electron chi connectivity index (χ2n) is 3.34. The lowest BCUT2D eigenvalue weighted by atomic mass is 10.2. The first-order valence-corrected chi connectivity index (χ1v) is 4.46. The summed E-state index contributed by atoms with van der Waals surface area (Å²) in [7, 11) is 0. The van der Waals surface area contributed by atoms with E-state index in [4.69, 9.17) is 5.73 Å². The van der Waals surface area contributed by atoms with E-state index in [0.29, 0.717) is 17.8 Å². The second-order valence-corrected chi connectivity index (χ2v) is 3.34. The molecule has 0 radical (unpaired) electrons. The minimum atomic E-state index is -1.02. The predicted octanol–water partition coefficient (Wildman–Crippen LogP) is 2.18. The zero-order valence-corrected chi connectivity index (χ0v) is 8.34. The van der Waals surface area contributed by atoms with Crippen molar-refractivity contribution < 1.29 is 13.2 Å². The molecular weight excluding hydrogens is 219 g/mol. The molecule has 0 aliphatic heterocycles. The molecule has 6 heteroatoms. The number of aryl methyl sites for hydroxylation is 1. The van der Waals surface area contributed by atoms with Crippen molar-refractivity contribution in [3.8, 4) is 5.69 Å². The van der Waals surface area contributed by atoms with Gasteiger partial charge in [-0.15, -0.1) is 0 Å². The predicted molar refractivity (Wildman–Crippen MR) is 52.6 cm³/mol. The molecule has 2 aromatic rings. The highest BCUT2D eigenvalue weighted by atomic mass is 19.1. The van der Waals surface area contributed by atoms with Gasteiger partial charge < -0.3 is 5.73 Å². The average molecular weight is 227 g/mol. The van der Waals surface area contributed by atoms with Gasteiger partial charge in [0.1, 0.15) is 17.3 Å². The molecule has 2 rings (SSSR count). The zero-order chi connectivity index (χ0) is 11.9. The Balaban J connectivity index is 2.69. The monoisotopic (exact) mass is 227 g/mol. The largest absolute Gasteiger partial charge is 0.382 e. The maximum atomic E-state index is 13.4. The average Bonchev–Trinajstić information content (AvgIpc) is 2.43. The van der Waals surface area contributed by atoms with Gasteiger partial charge in [-0.1, -0.05) is 0 Å². The molecule has 1 aromatic heterocycles. The Labute approximate surface area is 89.3 Å². The quantitative estimate of drug-likeness (QED) is 0.811. The summed E-state index contributed by atoms with van der Waals surface area (Å²) in [4.78, 5) is 0. The summed E-state index contributed by atoms with van der Waals surface area (Å²) < 4.78 is 40.5. The van der Waals surface area contributed by atoms with Crippen LogP contribution in [0.3, 0.4) is 0 Å².